The van der Waals surface area contributed by atoms with Crippen LogP contribution in [0, 0.1) is 0 Å². The maximum absolute atomic E-state index is 5.48. The van der Waals surface area contributed by atoms with Gasteiger partial charge in [-0.2, -0.15) is 0 Å². The molecule has 0 saturated carbocycles. The van der Waals surface area contributed by atoms with Gasteiger partial charge in [0.1, 0.15) is 11.4 Å². The van der Waals surface area contributed by atoms with Crippen LogP contribution in [0.15, 0.2) is 12.3 Å². The number of hydrogen-bond donors (Lipinski definition) is 1. The summed E-state index contributed by atoms with van der Waals surface area (Å²) in [5.41, 5.74) is -0.399. The van der Waals surface area contributed by atoms with Crippen molar-refractivity contribution in [2.75, 3.05) is 19.0 Å². The Morgan fingerprint density at radius 3 is 2.75 bits per heavy atom. The summed E-state index contributed by atoms with van der Waals surface area (Å²) in [5, 5.41) is 3.25. The zero-order valence-electron chi connectivity index (χ0n) is 10.6. The summed E-state index contributed by atoms with van der Waals surface area (Å²) in [6.45, 7) is 7.12. The lowest BCUT2D eigenvalue weighted by atomic mass is 10.0. The van der Waals surface area contributed by atoms with Crippen LogP contribution in [0.2, 0.25) is 0 Å². The SMILES string of the molecule is CCCNc1ccnc(C(C)(CC)OC)n1. The fraction of sp³-hybridized carbons (Fsp3) is 0.667. The van der Waals surface area contributed by atoms with Gasteiger partial charge in [0.25, 0.3) is 0 Å². The number of rotatable bonds is 6. The number of methoxy groups -OCH3 is 1. The van der Waals surface area contributed by atoms with Gasteiger partial charge in [-0.15, -0.1) is 0 Å². The number of hydrogen-bond acceptors (Lipinski definition) is 4. The fourth-order valence-corrected chi connectivity index (χ4v) is 1.36. The molecule has 1 atom stereocenters. The van der Waals surface area contributed by atoms with Crippen molar-refractivity contribution >= 4 is 5.82 Å². The Hall–Kier alpha value is -1.16. The highest BCUT2D eigenvalue weighted by molar-refractivity contribution is 5.33. The Morgan fingerprint density at radius 2 is 2.19 bits per heavy atom. The first-order chi connectivity index (χ1) is 7.66. The molecule has 0 spiro atoms. The van der Waals surface area contributed by atoms with E-state index in [1.165, 1.54) is 0 Å². The summed E-state index contributed by atoms with van der Waals surface area (Å²) in [4.78, 5) is 8.76. The van der Waals surface area contributed by atoms with Crippen molar-refractivity contribution in [1.82, 2.24) is 9.97 Å². The molecular formula is C12H21N3O. The monoisotopic (exact) mass is 223 g/mol. The predicted octanol–water partition coefficient (Wildman–Crippen LogP) is 2.57. The molecule has 1 aromatic heterocycles. The van der Waals surface area contributed by atoms with E-state index in [0.717, 1.165) is 31.0 Å². The third-order valence-electron chi connectivity index (χ3n) is 2.81. The van der Waals surface area contributed by atoms with Gasteiger partial charge in [-0.25, -0.2) is 9.97 Å². The second kappa shape index (κ2) is 5.80. The van der Waals surface area contributed by atoms with Gasteiger partial charge in [-0.1, -0.05) is 13.8 Å². The Bertz CT molecular complexity index is 324. The third kappa shape index (κ3) is 2.92. The second-order valence-corrected chi connectivity index (χ2v) is 3.98. The molecule has 4 heteroatoms. The van der Waals surface area contributed by atoms with Crippen LogP contribution >= 0.6 is 0 Å². The third-order valence-corrected chi connectivity index (χ3v) is 2.81. The summed E-state index contributed by atoms with van der Waals surface area (Å²) < 4.78 is 5.48. The Morgan fingerprint density at radius 1 is 1.44 bits per heavy atom. The summed E-state index contributed by atoms with van der Waals surface area (Å²) in [6.07, 6.45) is 3.70. The van der Waals surface area contributed by atoms with Crippen molar-refractivity contribution in [1.29, 1.82) is 0 Å². The van der Waals surface area contributed by atoms with Gasteiger partial charge < -0.3 is 10.1 Å². The number of aromatic nitrogens is 2. The average molecular weight is 223 g/mol. The van der Waals surface area contributed by atoms with Crippen LogP contribution in [0.1, 0.15) is 39.4 Å². The molecule has 0 aliphatic carbocycles. The van der Waals surface area contributed by atoms with E-state index in [1.807, 2.05) is 13.0 Å². The van der Waals surface area contributed by atoms with E-state index < -0.39 is 5.60 Å². The molecule has 0 fully saturated rings. The molecule has 0 aliphatic rings. The molecule has 0 aromatic carbocycles. The maximum Gasteiger partial charge on any atom is 0.162 e. The topological polar surface area (TPSA) is 47.0 Å². The van der Waals surface area contributed by atoms with Crippen LogP contribution in [0.4, 0.5) is 5.82 Å². The fourth-order valence-electron chi connectivity index (χ4n) is 1.36. The largest absolute Gasteiger partial charge is 0.371 e. The molecule has 90 valence electrons. The highest BCUT2D eigenvalue weighted by Gasteiger charge is 2.27. The van der Waals surface area contributed by atoms with Crippen molar-refractivity contribution in [3.63, 3.8) is 0 Å². The number of ether oxygens (including phenoxy) is 1. The van der Waals surface area contributed by atoms with Gasteiger partial charge in [0.05, 0.1) is 0 Å². The summed E-state index contributed by atoms with van der Waals surface area (Å²) >= 11 is 0. The molecule has 1 rings (SSSR count). The van der Waals surface area contributed by atoms with E-state index in [0.29, 0.717) is 0 Å². The van der Waals surface area contributed by atoms with Gasteiger partial charge in [-0.3, -0.25) is 0 Å². The minimum absolute atomic E-state index is 0.399. The summed E-state index contributed by atoms with van der Waals surface area (Å²) in [7, 11) is 1.69. The molecule has 1 unspecified atom stereocenters. The lowest BCUT2D eigenvalue weighted by Gasteiger charge is -2.25. The van der Waals surface area contributed by atoms with Gasteiger partial charge in [-0.05, 0) is 25.8 Å². The van der Waals surface area contributed by atoms with Crippen molar-refractivity contribution in [3.05, 3.63) is 18.1 Å². The number of nitrogens with one attached hydrogen (secondary N) is 1. The van der Waals surface area contributed by atoms with Crippen LogP contribution in [0.3, 0.4) is 0 Å². The number of nitrogens with zero attached hydrogens (tertiary/aromatic N) is 2. The quantitative estimate of drug-likeness (QED) is 0.805. The Kier molecular flexibility index (Phi) is 4.68. The molecule has 0 bridgehead atoms. The first-order valence-electron chi connectivity index (χ1n) is 5.78. The summed E-state index contributed by atoms with van der Waals surface area (Å²) in [5.74, 6) is 1.60. The van der Waals surface area contributed by atoms with Crippen molar-refractivity contribution < 1.29 is 4.74 Å². The highest BCUT2D eigenvalue weighted by Crippen LogP contribution is 2.25. The van der Waals surface area contributed by atoms with Crippen LogP contribution in [0.25, 0.3) is 0 Å². The zero-order chi connectivity index (χ0) is 12.0. The van der Waals surface area contributed by atoms with E-state index in [1.54, 1.807) is 13.3 Å². The molecule has 1 N–H and O–H groups in total. The van der Waals surface area contributed by atoms with E-state index in [9.17, 15) is 0 Å². The molecule has 0 saturated heterocycles. The average Bonchev–Trinajstić information content (AvgIpc) is 2.35. The van der Waals surface area contributed by atoms with Crippen molar-refractivity contribution in [2.24, 2.45) is 0 Å². The standard InChI is InChI=1S/C12H21N3O/c1-5-8-13-10-7-9-14-11(15-10)12(3,6-2)16-4/h7,9H,5-6,8H2,1-4H3,(H,13,14,15). The van der Waals surface area contributed by atoms with E-state index >= 15 is 0 Å². The molecule has 4 nitrogen and oxygen atoms in total. The smallest absolute Gasteiger partial charge is 0.162 e. The first kappa shape index (κ1) is 12.9. The van der Waals surface area contributed by atoms with Gasteiger partial charge >= 0.3 is 0 Å². The Balaban J connectivity index is 2.88. The molecule has 0 radical (unpaired) electrons. The first-order valence-corrected chi connectivity index (χ1v) is 5.78. The number of anilines is 1. The summed E-state index contributed by atoms with van der Waals surface area (Å²) in [6, 6.07) is 1.88. The normalized spacial score (nSPS) is 14.5. The van der Waals surface area contributed by atoms with Crippen LogP contribution in [0.5, 0.6) is 0 Å². The molecular weight excluding hydrogens is 202 g/mol. The minimum atomic E-state index is -0.399. The van der Waals surface area contributed by atoms with Crippen LogP contribution < -0.4 is 5.32 Å². The van der Waals surface area contributed by atoms with E-state index in [4.69, 9.17) is 4.74 Å². The second-order valence-electron chi connectivity index (χ2n) is 3.98. The maximum atomic E-state index is 5.48. The zero-order valence-corrected chi connectivity index (χ0v) is 10.6. The van der Waals surface area contributed by atoms with Crippen molar-refractivity contribution in [3.8, 4) is 0 Å². The molecule has 16 heavy (non-hydrogen) atoms. The molecule has 1 heterocycles. The minimum Gasteiger partial charge on any atom is -0.371 e. The van der Waals surface area contributed by atoms with Gasteiger partial charge in [0, 0.05) is 19.9 Å². The van der Waals surface area contributed by atoms with E-state index in [-0.39, 0.29) is 0 Å². The predicted molar refractivity (Wildman–Crippen MR) is 65.5 cm³/mol. The van der Waals surface area contributed by atoms with Crippen LogP contribution in [-0.4, -0.2) is 23.6 Å². The highest BCUT2D eigenvalue weighted by atomic mass is 16.5. The van der Waals surface area contributed by atoms with Gasteiger partial charge in [0.15, 0.2) is 5.82 Å². The lowest BCUT2D eigenvalue weighted by Crippen LogP contribution is -2.26. The lowest BCUT2D eigenvalue weighted by molar-refractivity contribution is -0.00887. The molecule has 0 aliphatic heterocycles. The van der Waals surface area contributed by atoms with E-state index in [2.05, 4.69) is 29.1 Å². The van der Waals surface area contributed by atoms with Crippen molar-refractivity contribution in [2.45, 2.75) is 39.2 Å². The van der Waals surface area contributed by atoms with Crippen LogP contribution in [-0.2, 0) is 10.3 Å². The Labute approximate surface area is 97.5 Å². The van der Waals surface area contributed by atoms with Gasteiger partial charge in [0.2, 0.25) is 0 Å². The molecule has 0 amide bonds. The molecule has 1 aromatic rings.